The Morgan fingerprint density at radius 2 is 2.33 bits per heavy atom. The minimum Gasteiger partial charge on any atom is -0.494 e. The molecule has 1 spiro atoms. The van der Waals surface area contributed by atoms with Crippen LogP contribution in [0.3, 0.4) is 0 Å². The molecule has 0 unspecified atom stereocenters. The molecule has 2 fully saturated rings. The zero-order chi connectivity index (χ0) is 17.2. The van der Waals surface area contributed by atoms with Crippen molar-refractivity contribution < 1.29 is 23.4 Å². The predicted molar refractivity (Wildman–Crippen MR) is 86.8 cm³/mol. The maximum absolute atomic E-state index is 13.9. The third-order valence-corrected chi connectivity index (χ3v) is 4.80. The highest BCUT2D eigenvalue weighted by molar-refractivity contribution is 5.94. The van der Waals surface area contributed by atoms with Crippen molar-refractivity contribution in [1.29, 1.82) is 0 Å². The smallest absolute Gasteiger partial charge is 0.254 e. The number of carbonyl (C=O) groups is 1. The van der Waals surface area contributed by atoms with Crippen molar-refractivity contribution in [2.24, 2.45) is 0 Å². The van der Waals surface area contributed by atoms with E-state index in [0.29, 0.717) is 31.9 Å². The molecule has 3 rings (SSSR count). The Morgan fingerprint density at radius 1 is 1.50 bits per heavy atom. The van der Waals surface area contributed by atoms with Gasteiger partial charge in [-0.15, -0.1) is 0 Å². The van der Waals surface area contributed by atoms with Crippen molar-refractivity contribution in [3.05, 3.63) is 29.6 Å². The average molecular weight is 337 g/mol. The monoisotopic (exact) mass is 337 g/mol. The van der Waals surface area contributed by atoms with Crippen LogP contribution in [0.2, 0.25) is 0 Å². The van der Waals surface area contributed by atoms with Gasteiger partial charge in [0.05, 0.1) is 32.0 Å². The molecule has 0 radical (unpaired) electrons. The summed E-state index contributed by atoms with van der Waals surface area (Å²) in [6, 6.07) is 4.32. The fourth-order valence-electron chi connectivity index (χ4n) is 3.68. The van der Waals surface area contributed by atoms with Crippen LogP contribution in [0.5, 0.6) is 5.75 Å². The number of methoxy groups -OCH3 is 1. The summed E-state index contributed by atoms with van der Waals surface area (Å²) in [6.07, 6.45) is 2.71. The number of hydrogen-bond donors (Lipinski definition) is 0. The molecule has 0 bridgehead atoms. The molecule has 24 heavy (non-hydrogen) atoms. The molecule has 2 atom stereocenters. The van der Waals surface area contributed by atoms with Gasteiger partial charge in [0.15, 0.2) is 11.6 Å². The summed E-state index contributed by atoms with van der Waals surface area (Å²) in [6.45, 7) is 4.41. The van der Waals surface area contributed by atoms with Gasteiger partial charge in [0.2, 0.25) is 0 Å². The van der Waals surface area contributed by atoms with Gasteiger partial charge in [0.1, 0.15) is 0 Å². The van der Waals surface area contributed by atoms with Crippen LogP contribution in [0.4, 0.5) is 4.39 Å². The molecule has 1 amide bonds. The number of carbonyl (C=O) groups excluding carboxylic acids is 1. The van der Waals surface area contributed by atoms with E-state index in [1.165, 1.54) is 19.2 Å². The number of nitrogens with zero attached hydrogens (tertiary/aromatic N) is 1. The van der Waals surface area contributed by atoms with Gasteiger partial charge in [-0.05, 0) is 38.0 Å². The van der Waals surface area contributed by atoms with E-state index in [0.717, 1.165) is 19.3 Å². The molecular formula is C18H24FNO4. The minimum absolute atomic E-state index is 0.100. The number of ether oxygens (including phenoxy) is 3. The van der Waals surface area contributed by atoms with Crippen LogP contribution in [-0.4, -0.2) is 55.9 Å². The topological polar surface area (TPSA) is 48.0 Å². The number of amides is 1. The zero-order valence-electron chi connectivity index (χ0n) is 14.2. The minimum atomic E-state index is -0.524. The van der Waals surface area contributed by atoms with Crippen LogP contribution < -0.4 is 4.74 Å². The number of rotatable bonds is 4. The lowest BCUT2D eigenvalue weighted by molar-refractivity contribution is -0.0462. The molecule has 6 heteroatoms. The summed E-state index contributed by atoms with van der Waals surface area (Å²) in [5.74, 6) is -0.553. The zero-order valence-corrected chi connectivity index (χ0v) is 14.2. The van der Waals surface area contributed by atoms with Crippen LogP contribution in [0.25, 0.3) is 0 Å². The highest BCUT2D eigenvalue weighted by Crippen LogP contribution is 2.36. The molecule has 2 aliphatic heterocycles. The van der Waals surface area contributed by atoms with Crippen LogP contribution in [0.15, 0.2) is 18.2 Å². The summed E-state index contributed by atoms with van der Waals surface area (Å²) in [7, 11) is 1.40. The van der Waals surface area contributed by atoms with E-state index in [2.05, 4.69) is 0 Å². The first kappa shape index (κ1) is 17.2. The highest BCUT2D eigenvalue weighted by atomic mass is 19.1. The Balaban J connectivity index is 1.70. The number of halogens is 1. The molecule has 0 saturated carbocycles. The van der Waals surface area contributed by atoms with Crippen LogP contribution >= 0.6 is 0 Å². The van der Waals surface area contributed by atoms with Gasteiger partial charge in [-0.1, -0.05) is 0 Å². The Kier molecular flexibility index (Phi) is 5.06. The molecule has 132 valence electrons. The lowest BCUT2D eigenvalue weighted by Crippen LogP contribution is -2.50. The normalized spacial score (nSPS) is 26.8. The van der Waals surface area contributed by atoms with Crippen molar-refractivity contribution >= 4 is 5.91 Å². The molecule has 2 heterocycles. The van der Waals surface area contributed by atoms with Crippen molar-refractivity contribution in [3.63, 3.8) is 0 Å². The largest absolute Gasteiger partial charge is 0.494 e. The van der Waals surface area contributed by atoms with Crippen LogP contribution in [-0.2, 0) is 9.47 Å². The average Bonchev–Trinajstić information content (AvgIpc) is 2.96. The van der Waals surface area contributed by atoms with E-state index in [-0.39, 0.29) is 23.4 Å². The second-order valence-electron chi connectivity index (χ2n) is 6.46. The van der Waals surface area contributed by atoms with Gasteiger partial charge in [0.25, 0.3) is 5.91 Å². The first-order chi connectivity index (χ1) is 11.6. The third-order valence-electron chi connectivity index (χ3n) is 4.80. The van der Waals surface area contributed by atoms with E-state index >= 15 is 0 Å². The molecule has 0 aliphatic carbocycles. The lowest BCUT2D eigenvalue weighted by atomic mass is 9.89. The lowest BCUT2D eigenvalue weighted by Gasteiger charge is -2.39. The first-order valence-electron chi connectivity index (χ1n) is 8.45. The summed E-state index contributed by atoms with van der Waals surface area (Å²) in [5, 5.41) is 0. The van der Waals surface area contributed by atoms with Crippen molar-refractivity contribution in [3.8, 4) is 5.75 Å². The second-order valence-corrected chi connectivity index (χ2v) is 6.46. The highest BCUT2D eigenvalue weighted by Gasteiger charge is 2.44. The van der Waals surface area contributed by atoms with Crippen molar-refractivity contribution in [2.75, 3.05) is 33.4 Å². The summed E-state index contributed by atoms with van der Waals surface area (Å²) in [5.41, 5.74) is 0.0170. The van der Waals surface area contributed by atoms with E-state index in [1.54, 1.807) is 11.0 Å². The Hall–Kier alpha value is -1.66. The van der Waals surface area contributed by atoms with E-state index < -0.39 is 5.82 Å². The van der Waals surface area contributed by atoms with Gasteiger partial charge in [0, 0.05) is 25.1 Å². The SMILES string of the molecule is CCO[C@@H]1CO[C@@]2(CCCN(C(=O)c3ccc(OC)c(F)c3)C2)C1. The number of piperidine rings is 1. The molecule has 2 saturated heterocycles. The Labute approximate surface area is 141 Å². The van der Waals surface area contributed by atoms with E-state index in [4.69, 9.17) is 14.2 Å². The van der Waals surface area contributed by atoms with E-state index in [9.17, 15) is 9.18 Å². The number of hydrogen-bond acceptors (Lipinski definition) is 4. The van der Waals surface area contributed by atoms with Crippen LogP contribution in [0, 0.1) is 5.82 Å². The van der Waals surface area contributed by atoms with Gasteiger partial charge in [-0.2, -0.15) is 0 Å². The van der Waals surface area contributed by atoms with Gasteiger partial charge in [-0.25, -0.2) is 4.39 Å². The molecule has 5 nitrogen and oxygen atoms in total. The maximum Gasteiger partial charge on any atom is 0.254 e. The molecule has 1 aromatic carbocycles. The first-order valence-corrected chi connectivity index (χ1v) is 8.45. The molecule has 0 N–H and O–H groups in total. The summed E-state index contributed by atoms with van der Waals surface area (Å²) in [4.78, 5) is 14.5. The number of benzene rings is 1. The quantitative estimate of drug-likeness (QED) is 0.847. The number of likely N-dealkylation sites (tertiary alicyclic amines) is 1. The molecule has 2 aliphatic rings. The predicted octanol–water partition coefficient (Wildman–Crippen LogP) is 2.63. The van der Waals surface area contributed by atoms with Crippen LogP contribution in [0.1, 0.15) is 36.5 Å². The second kappa shape index (κ2) is 7.07. The van der Waals surface area contributed by atoms with Crippen molar-refractivity contribution in [2.45, 2.75) is 37.9 Å². The van der Waals surface area contributed by atoms with E-state index in [1.807, 2.05) is 6.92 Å². The Morgan fingerprint density at radius 3 is 3.04 bits per heavy atom. The molecular weight excluding hydrogens is 313 g/mol. The van der Waals surface area contributed by atoms with Gasteiger partial charge < -0.3 is 19.1 Å². The fourth-order valence-corrected chi connectivity index (χ4v) is 3.68. The molecule has 0 aromatic heterocycles. The summed E-state index contributed by atoms with van der Waals surface area (Å²) >= 11 is 0. The third kappa shape index (κ3) is 3.39. The van der Waals surface area contributed by atoms with Gasteiger partial charge in [-0.3, -0.25) is 4.79 Å². The van der Waals surface area contributed by atoms with Crippen molar-refractivity contribution in [1.82, 2.24) is 4.90 Å². The van der Waals surface area contributed by atoms with Gasteiger partial charge >= 0.3 is 0 Å². The standard InChI is InChI=1S/C18H24FNO4/c1-3-23-14-10-18(24-11-14)7-4-8-20(12-18)17(21)13-5-6-16(22-2)15(19)9-13/h5-6,9,14H,3-4,7-8,10-12H2,1-2H3/t14-,18-/m0/s1. The molecule has 1 aromatic rings. The fraction of sp³-hybridized carbons (Fsp3) is 0.611. The summed E-state index contributed by atoms with van der Waals surface area (Å²) < 4.78 is 30.4. The maximum atomic E-state index is 13.9. The Bertz CT molecular complexity index is 609.